The van der Waals surface area contributed by atoms with Gasteiger partial charge in [0.25, 0.3) is 5.91 Å². The Bertz CT molecular complexity index is 799. The van der Waals surface area contributed by atoms with Gasteiger partial charge < -0.3 is 5.32 Å². The van der Waals surface area contributed by atoms with Gasteiger partial charge in [-0.3, -0.25) is 9.78 Å². The second kappa shape index (κ2) is 5.37. The zero-order valence-electron chi connectivity index (χ0n) is 12.1. The van der Waals surface area contributed by atoms with E-state index in [4.69, 9.17) is 0 Å². The Morgan fingerprint density at radius 1 is 0.952 bits per heavy atom. The number of nitrogens with zero attached hydrogens (tertiary/aromatic N) is 1. The molecule has 0 saturated carbocycles. The molecule has 0 saturated heterocycles. The zero-order valence-corrected chi connectivity index (χ0v) is 12.1. The molecule has 0 atom stereocenters. The summed E-state index contributed by atoms with van der Waals surface area (Å²) in [7, 11) is 0. The van der Waals surface area contributed by atoms with Crippen LogP contribution in [0.4, 0.5) is 5.69 Å². The van der Waals surface area contributed by atoms with Crippen molar-refractivity contribution in [1.29, 1.82) is 0 Å². The average Bonchev–Trinajstić information content (AvgIpc) is 2.47. The summed E-state index contributed by atoms with van der Waals surface area (Å²) in [6, 6.07) is 15.5. The van der Waals surface area contributed by atoms with Crippen LogP contribution in [0.2, 0.25) is 0 Å². The molecule has 2 aromatic carbocycles. The number of hydrogen-bond acceptors (Lipinski definition) is 2. The lowest BCUT2D eigenvalue weighted by molar-refractivity contribution is 0.102. The molecular weight excluding hydrogens is 260 g/mol. The molecule has 1 heterocycles. The average molecular weight is 276 g/mol. The van der Waals surface area contributed by atoms with Crippen LogP contribution >= 0.6 is 0 Å². The van der Waals surface area contributed by atoms with E-state index in [-0.39, 0.29) is 5.91 Å². The minimum atomic E-state index is -0.0937. The number of hydrogen-bond donors (Lipinski definition) is 1. The van der Waals surface area contributed by atoms with Gasteiger partial charge in [0.05, 0.1) is 11.2 Å². The van der Waals surface area contributed by atoms with Crippen molar-refractivity contribution >= 4 is 22.5 Å². The van der Waals surface area contributed by atoms with Crippen LogP contribution in [0.1, 0.15) is 21.5 Å². The van der Waals surface area contributed by atoms with Crippen LogP contribution in [-0.2, 0) is 0 Å². The quantitative estimate of drug-likeness (QED) is 0.765. The molecule has 1 N–H and O–H groups in total. The number of aryl methyl sites for hydroxylation is 2. The third kappa shape index (κ3) is 2.50. The van der Waals surface area contributed by atoms with Crippen LogP contribution in [0.3, 0.4) is 0 Å². The monoisotopic (exact) mass is 276 g/mol. The van der Waals surface area contributed by atoms with E-state index in [9.17, 15) is 4.79 Å². The van der Waals surface area contributed by atoms with Crippen LogP contribution in [0.25, 0.3) is 10.9 Å². The number of benzene rings is 2. The van der Waals surface area contributed by atoms with Crippen molar-refractivity contribution in [1.82, 2.24) is 4.98 Å². The Morgan fingerprint density at radius 2 is 1.62 bits per heavy atom. The van der Waals surface area contributed by atoms with E-state index in [0.717, 1.165) is 33.3 Å². The van der Waals surface area contributed by atoms with E-state index in [1.807, 2.05) is 62.4 Å². The van der Waals surface area contributed by atoms with Gasteiger partial charge in [-0.05, 0) is 37.1 Å². The molecule has 0 bridgehead atoms. The van der Waals surface area contributed by atoms with Crippen molar-refractivity contribution in [2.45, 2.75) is 13.8 Å². The summed E-state index contributed by atoms with van der Waals surface area (Å²) >= 11 is 0. The minimum absolute atomic E-state index is 0.0937. The Labute approximate surface area is 123 Å². The maximum atomic E-state index is 12.6. The third-order valence-corrected chi connectivity index (χ3v) is 3.59. The second-order valence-corrected chi connectivity index (χ2v) is 5.10. The third-order valence-electron chi connectivity index (χ3n) is 3.59. The number of pyridine rings is 1. The maximum Gasteiger partial charge on any atom is 0.256 e. The van der Waals surface area contributed by atoms with Crippen molar-refractivity contribution in [3.63, 3.8) is 0 Å². The van der Waals surface area contributed by atoms with Crippen LogP contribution < -0.4 is 5.32 Å². The number of para-hydroxylation sites is 1. The molecule has 3 nitrogen and oxygen atoms in total. The summed E-state index contributed by atoms with van der Waals surface area (Å²) in [4.78, 5) is 16.9. The lowest BCUT2D eigenvalue weighted by atomic mass is 10.0. The molecule has 0 spiro atoms. The number of rotatable bonds is 2. The standard InChI is InChI=1S/C18H16N2O/c1-12-6-3-7-13(2)16(12)18(21)20-15-10-4-8-14-9-5-11-19-17(14)15/h3-11H,1-2H3,(H,20,21). The van der Waals surface area contributed by atoms with E-state index in [0.29, 0.717) is 0 Å². The van der Waals surface area contributed by atoms with E-state index < -0.39 is 0 Å². The van der Waals surface area contributed by atoms with Crippen LogP contribution in [0, 0.1) is 13.8 Å². The smallest absolute Gasteiger partial charge is 0.256 e. The lowest BCUT2D eigenvalue weighted by Gasteiger charge is -2.11. The van der Waals surface area contributed by atoms with E-state index in [1.165, 1.54) is 0 Å². The van der Waals surface area contributed by atoms with Gasteiger partial charge in [0.1, 0.15) is 0 Å². The molecule has 0 aliphatic carbocycles. The Balaban J connectivity index is 2.01. The first kappa shape index (κ1) is 13.3. The summed E-state index contributed by atoms with van der Waals surface area (Å²) < 4.78 is 0. The van der Waals surface area contributed by atoms with E-state index >= 15 is 0 Å². The second-order valence-electron chi connectivity index (χ2n) is 5.10. The van der Waals surface area contributed by atoms with Gasteiger partial charge in [0.15, 0.2) is 0 Å². The fraction of sp³-hybridized carbons (Fsp3) is 0.111. The highest BCUT2D eigenvalue weighted by atomic mass is 16.1. The van der Waals surface area contributed by atoms with Crippen molar-refractivity contribution in [2.24, 2.45) is 0 Å². The number of carbonyl (C=O) groups excluding carboxylic acids is 1. The van der Waals surface area contributed by atoms with Gasteiger partial charge in [0.2, 0.25) is 0 Å². The molecule has 3 heteroatoms. The molecule has 3 rings (SSSR count). The number of amides is 1. The molecule has 0 aliphatic rings. The number of carbonyl (C=O) groups is 1. The maximum absolute atomic E-state index is 12.6. The largest absolute Gasteiger partial charge is 0.320 e. The van der Waals surface area contributed by atoms with Crippen molar-refractivity contribution < 1.29 is 4.79 Å². The molecule has 3 aromatic rings. The van der Waals surface area contributed by atoms with Crippen LogP contribution in [-0.4, -0.2) is 10.9 Å². The molecular formula is C18H16N2O. The molecule has 0 fully saturated rings. The number of aromatic nitrogens is 1. The van der Waals surface area contributed by atoms with Gasteiger partial charge in [0, 0.05) is 17.1 Å². The predicted octanol–water partition coefficient (Wildman–Crippen LogP) is 4.10. The summed E-state index contributed by atoms with van der Waals surface area (Å²) in [5.41, 5.74) is 4.21. The van der Waals surface area contributed by atoms with Crippen LogP contribution in [0.15, 0.2) is 54.7 Å². The highest BCUT2D eigenvalue weighted by molar-refractivity contribution is 6.09. The first-order valence-electron chi connectivity index (χ1n) is 6.88. The topological polar surface area (TPSA) is 42.0 Å². The highest BCUT2D eigenvalue weighted by Crippen LogP contribution is 2.22. The van der Waals surface area contributed by atoms with Crippen molar-refractivity contribution in [3.05, 3.63) is 71.4 Å². The lowest BCUT2D eigenvalue weighted by Crippen LogP contribution is -2.15. The summed E-state index contributed by atoms with van der Waals surface area (Å²) in [5, 5.41) is 3.99. The van der Waals surface area contributed by atoms with Gasteiger partial charge >= 0.3 is 0 Å². The Morgan fingerprint density at radius 3 is 2.38 bits per heavy atom. The number of fused-ring (bicyclic) bond motifs is 1. The molecule has 1 amide bonds. The fourth-order valence-electron chi connectivity index (χ4n) is 2.56. The normalized spacial score (nSPS) is 10.6. The number of nitrogens with one attached hydrogen (secondary N) is 1. The summed E-state index contributed by atoms with van der Waals surface area (Å²) in [5.74, 6) is -0.0937. The molecule has 1 aromatic heterocycles. The highest BCUT2D eigenvalue weighted by Gasteiger charge is 2.13. The first-order chi connectivity index (χ1) is 10.2. The van der Waals surface area contributed by atoms with Gasteiger partial charge in [-0.2, -0.15) is 0 Å². The predicted molar refractivity (Wildman–Crippen MR) is 85.6 cm³/mol. The molecule has 104 valence electrons. The Kier molecular flexibility index (Phi) is 3.40. The van der Waals surface area contributed by atoms with Gasteiger partial charge in [-0.15, -0.1) is 0 Å². The van der Waals surface area contributed by atoms with Crippen molar-refractivity contribution in [2.75, 3.05) is 5.32 Å². The van der Waals surface area contributed by atoms with Gasteiger partial charge in [-0.1, -0.05) is 36.4 Å². The SMILES string of the molecule is Cc1cccc(C)c1C(=O)Nc1cccc2cccnc12. The van der Waals surface area contributed by atoms with Gasteiger partial charge in [-0.25, -0.2) is 0 Å². The van der Waals surface area contributed by atoms with E-state index in [1.54, 1.807) is 6.20 Å². The fourth-order valence-corrected chi connectivity index (χ4v) is 2.56. The zero-order chi connectivity index (χ0) is 14.8. The molecule has 0 aliphatic heterocycles. The summed E-state index contributed by atoms with van der Waals surface area (Å²) in [6.45, 7) is 3.90. The first-order valence-corrected chi connectivity index (χ1v) is 6.88. The van der Waals surface area contributed by atoms with E-state index in [2.05, 4.69) is 10.3 Å². The molecule has 0 radical (unpaired) electrons. The molecule has 0 unspecified atom stereocenters. The number of anilines is 1. The van der Waals surface area contributed by atoms with Crippen LogP contribution in [0.5, 0.6) is 0 Å². The van der Waals surface area contributed by atoms with Crippen molar-refractivity contribution in [3.8, 4) is 0 Å². The minimum Gasteiger partial charge on any atom is -0.320 e. The Hall–Kier alpha value is -2.68. The molecule has 21 heavy (non-hydrogen) atoms. The summed E-state index contributed by atoms with van der Waals surface area (Å²) in [6.07, 6.45) is 1.73.